The molecule has 0 aliphatic carbocycles. The molecule has 1 amide bonds. The second kappa shape index (κ2) is 8.64. The molecule has 3 rings (SSSR count). The average molecular weight is 425 g/mol. The number of carbonyl (C=O) groups is 1. The summed E-state index contributed by atoms with van der Waals surface area (Å²) in [5, 5.41) is 3.16. The van der Waals surface area contributed by atoms with Gasteiger partial charge in [0.25, 0.3) is 0 Å². The Labute approximate surface area is 169 Å². The number of rotatable bonds is 6. The van der Waals surface area contributed by atoms with Crippen molar-refractivity contribution in [1.82, 2.24) is 13.9 Å². The normalized spacial score (nSPS) is 16.7. The molecule has 8 nitrogen and oxygen atoms in total. The van der Waals surface area contributed by atoms with Crippen LogP contribution in [0, 0.1) is 6.92 Å². The standard InChI is InChI=1S/C18H24N4O4S2/c1-13-4-5-15(12-16(13)28(24,25)22-8-10-26-11-9-22)20-17(23)14(2)27-18-19-6-7-21(18)3/h4-7,12,14H,8-11H2,1-3H3,(H,20,23). The summed E-state index contributed by atoms with van der Waals surface area (Å²) in [6, 6.07) is 4.94. The molecule has 1 fully saturated rings. The van der Waals surface area contributed by atoms with Crippen LogP contribution in [0.2, 0.25) is 0 Å². The van der Waals surface area contributed by atoms with Crippen LogP contribution in [0.15, 0.2) is 40.6 Å². The van der Waals surface area contributed by atoms with Crippen LogP contribution in [-0.2, 0) is 26.6 Å². The highest BCUT2D eigenvalue weighted by Gasteiger charge is 2.28. The van der Waals surface area contributed by atoms with Gasteiger partial charge >= 0.3 is 0 Å². The first-order valence-electron chi connectivity index (χ1n) is 8.92. The number of aryl methyl sites for hydroxylation is 2. The Morgan fingerprint density at radius 1 is 1.32 bits per heavy atom. The quantitative estimate of drug-likeness (QED) is 0.712. The van der Waals surface area contributed by atoms with Crippen molar-refractivity contribution < 1.29 is 17.9 Å². The number of imidazole rings is 1. The van der Waals surface area contributed by atoms with Crippen LogP contribution in [0.5, 0.6) is 0 Å². The second-order valence-electron chi connectivity index (χ2n) is 6.57. The molecule has 1 saturated heterocycles. The Morgan fingerprint density at radius 3 is 2.68 bits per heavy atom. The van der Waals surface area contributed by atoms with Crippen molar-refractivity contribution in [2.24, 2.45) is 7.05 Å². The number of amides is 1. The molecule has 1 unspecified atom stereocenters. The van der Waals surface area contributed by atoms with Gasteiger partial charge in [0.15, 0.2) is 5.16 Å². The third-order valence-corrected chi connectivity index (χ3v) is 7.68. The Morgan fingerprint density at radius 2 is 2.04 bits per heavy atom. The van der Waals surface area contributed by atoms with E-state index in [1.165, 1.54) is 22.1 Å². The summed E-state index contributed by atoms with van der Waals surface area (Å²) < 4.78 is 34.4. The van der Waals surface area contributed by atoms with E-state index in [1.54, 1.807) is 32.2 Å². The van der Waals surface area contributed by atoms with Gasteiger partial charge in [0.05, 0.1) is 23.4 Å². The number of benzene rings is 1. The summed E-state index contributed by atoms with van der Waals surface area (Å²) in [4.78, 5) is 17.0. The van der Waals surface area contributed by atoms with Crippen molar-refractivity contribution in [2.75, 3.05) is 31.6 Å². The highest BCUT2D eigenvalue weighted by Crippen LogP contribution is 2.26. The van der Waals surface area contributed by atoms with Gasteiger partial charge in [-0.2, -0.15) is 4.31 Å². The molecule has 1 aromatic heterocycles. The van der Waals surface area contributed by atoms with Gasteiger partial charge in [-0.15, -0.1) is 0 Å². The molecule has 2 heterocycles. The van der Waals surface area contributed by atoms with E-state index in [2.05, 4.69) is 10.3 Å². The van der Waals surface area contributed by atoms with Crippen LogP contribution >= 0.6 is 11.8 Å². The summed E-state index contributed by atoms with van der Waals surface area (Å²) in [6.07, 6.45) is 3.49. The molecule has 152 valence electrons. The van der Waals surface area contributed by atoms with E-state index in [0.29, 0.717) is 37.6 Å². The Bertz CT molecular complexity index is 952. The van der Waals surface area contributed by atoms with Crippen LogP contribution in [0.3, 0.4) is 0 Å². The molecule has 1 N–H and O–H groups in total. The molecule has 0 bridgehead atoms. The largest absolute Gasteiger partial charge is 0.379 e. The molecule has 1 aliphatic rings. The van der Waals surface area contributed by atoms with Gasteiger partial charge in [0.1, 0.15) is 0 Å². The van der Waals surface area contributed by atoms with Gasteiger partial charge < -0.3 is 14.6 Å². The lowest BCUT2D eigenvalue weighted by atomic mass is 10.2. The molecule has 2 aromatic rings. The predicted molar refractivity (Wildman–Crippen MR) is 108 cm³/mol. The third-order valence-electron chi connectivity index (χ3n) is 4.47. The molecule has 0 radical (unpaired) electrons. The molecule has 10 heteroatoms. The predicted octanol–water partition coefficient (Wildman–Crippen LogP) is 1.87. The van der Waals surface area contributed by atoms with Gasteiger partial charge in [-0.3, -0.25) is 4.79 Å². The Hall–Kier alpha value is -1.88. The Balaban J connectivity index is 1.75. The lowest BCUT2D eigenvalue weighted by molar-refractivity contribution is -0.115. The molecule has 28 heavy (non-hydrogen) atoms. The van der Waals surface area contributed by atoms with E-state index in [4.69, 9.17) is 4.74 Å². The SMILES string of the molecule is Cc1ccc(NC(=O)C(C)Sc2nccn2C)cc1S(=O)(=O)N1CCOCC1. The van der Waals surface area contributed by atoms with Crippen molar-refractivity contribution in [2.45, 2.75) is 29.1 Å². The van der Waals surface area contributed by atoms with E-state index in [0.717, 1.165) is 5.16 Å². The van der Waals surface area contributed by atoms with Crippen LogP contribution < -0.4 is 5.32 Å². The van der Waals surface area contributed by atoms with Crippen molar-refractivity contribution in [3.8, 4) is 0 Å². The highest BCUT2D eigenvalue weighted by atomic mass is 32.2. The molecular formula is C18H24N4O4S2. The van der Waals surface area contributed by atoms with E-state index in [-0.39, 0.29) is 16.1 Å². The number of hydrogen-bond acceptors (Lipinski definition) is 6. The summed E-state index contributed by atoms with van der Waals surface area (Å²) in [6.45, 7) is 4.96. The van der Waals surface area contributed by atoms with Gasteiger partial charge in [0.2, 0.25) is 15.9 Å². The average Bonchev–Trinajstić information content (AvgIpc) is 3.08. The fourth-order valence-electron chi connectivity index (χ4n) is 2.80. The number of sulfonamides is 1. The van der Waals surface area contributed by atoms with Crippen molar-refractivity contribution >= 4 is 33.4 Å². The molecule has 1 aromatic carbocycles. The smallest absolute Gasteiger partial charge is 0.243 e. The summed E-state index contributed by atoms with van der Waals surface area (Å²) in [7, 11) is -1.77. The third kappa shape index (κ3) is 4.57. The topological polar surface area (TPSA) is 93.5 Å². The number of thioether (sulfide) groups is 1. The maximum absolute atomic E-state index is 13.0. The van der Waals surface area contributed by atoms with Crippen molar-refractivity contribution in [1.29, 1.82) is 0 Å². The number of aromatic nitrogens is 2. The highest BCUT2D eigenvalue weighted by molar-refractivity contribution is 8.00. The van der Waals surface area contributed by atoms with Crippen molar-refractivity contribution in [3.63, 3.8) is 0 Å². The van der Waals surface area contributed by atoms with Gasteiger partial charge in [-0.25, -0.2) is 13.4 Å². The first kappa shape index (κ1) is 20.8. The fourth-order valence-corrected chi connectivity index (χ4v) is 5.29. The number of hydrogen-bond donors (Lipinski definition) is 1. The maximum atomic E-state index is 13.0. The minimum absolute atomic E-state index is 0.205. The lowest BCUT2D eigenvalue weighted by Gasteiger charge is -2.27. The van der Waals surface area contributed by atoms with Crippen molar-refractivity contribution in [3.05, 3.63) is 36.2 Å². The number of anilines is 1. The molecule has 1 aliphatic heterocycles. The zero-order valence-corrected chi connectivity index (χ0v) is 17.7. The molecule has 0 spiro atoms. The zero-order valence-electron chi connectivity index (χ0n) is 16.1. The maximum Gasteiger partial charge on any atom is 0.243 e. The lowest BCUT2D eigenvalue weighted by Crippen LogP contribution is -2.40. The molecule has 1 atom stereocenters. The van der Waals surface area contributed by atoms with Crippen LogP contribution in [0.25, 0.3) is 0 Å². The molecule has 0 saturated carbocycles. The second-order valence-corrected chi connectivity index (χ2v) is 9.78. The van der Waals surface area contributed by atoms with E-state index < -0.39 is 10.0 Å². The van der Waals surface area contributed by atoms with E-state index in [9.17, 15) is 13.2 Å². The van der Waals surface area contributed by atoms with Crippen LogP contribution in [0.4, 0.5) is 5.69 Å². The Kier molecular flexibility index (Phi) is 6.43. The number of nitrogens with one attached hydrogen (secondary N) is 1. The van der Waals surface area contributed by atoms with Gasteiger partial charge in [0, 0.05) is 38.2 Å². The van der Waals surface area contributed by atoms with Crippen LogP contribution in [0.1, 0.15) is 12.5 Å². The minimum Gasteiger partial charge on any atom is -0.379 e. The van der Waals surface area contributed by atoms with Gasteiger partial charge in [-0.1, -0.05) is 17.8 Å². The zero-order chi connectivity index (χ0) is 20.3. The van der Waals surface area contributed by atoms with E-state index >= 15 is 0 Å². The first-order valence-corrected chi connectivity index (χ1v) is 11.2. The van der Waals surface area contributed by atoms with E-state index in [1.807, 2.05) is 17.8 Å². The fraction of sp³-hybridized carbons (Fsp3) is 0.444. The minimum atomic E-state index is -3.63. The summed E-state index contributed by atoms with van der Waals surface area (Å²) >= 11 is 1.34. The number of morpholine rings is 1. The summed E-state index contributed by atoms with van der Waals surface area (Å²) in [5.74, 6) is -0.216. The first-order chi connectivity index (χ1) is 13.3. The van der Waals surface area contributed by atoms with Gasteiger partial charge in [-0.05, 0) is 31.5 Å². The van der Waals surface area contributed by atoms with Crippen LogP contribution in [-0.4, -0.2) is 59.7 Å². The molecular weight excluding hydrogens is 400 g/mol. The number of carbonyl (C=O) groups excluding carboxylic acids is 1. The summed E-state index contributed by atoms with van der Waals surface area (Å²) in [5.41, 5.74) is 1.09. The monoisotopic (exact) mass is 424 g/mol. The number of nitrogens with zero attached hydrogens (tertiary/aromatic N) is 3. The number of ether oxygens (including phenoxy) is 1.